The van der Waals surface area contributed by atoms with Gasteiger partial charge in [-0.05, 0) is 12.5 Å². The SMILES string of the molecule is CCOC(Cc1ccccc1)C(=C=O)C(=O)O. The molecule has 0 aliphatic heterocycles. The lowest BCUT2D eigenvalue weighted by Gasteiger charge is -2.15. The molecule has 17 heavy (non-hydrogen) atoms. The largest absolute Gasteiger partial charge is 0.477 e. The van der Waals surface area contributed by atoms with Crippen molar-refractivity contribution in [3.05, 3.63) is 41.5 Å². The molecule has 0 aromatic heterocycles. The van der Waals surface area contributed by atoms with Crippen molar-refractivity contribution in [1.29, 1.82) is 0 Å². The number of hydrogen-bond donors (Lipinski definition) is 1. The highest BCUT2D eigenvalue weighted by atomic mass is 16.5. The summed E-state index contributed by atoms with van der Waals surface area (Å²) in [4.78, 5) is 21.5. The Bertz CT molecular complexity index is 418. The second kappa shape index (κ2) is 6.63. The molecule has 1 atom stereocenters. The molecule has 0 radical (unpaired) electrons. The van der Waals surface area contributed by atoms with Gasteiger partial charge in [-0.15, -0.1) is 0 Å². The minimum absolute atomic E-state index is 0.343. The molecule has 1 aromatic carbocycles. The summed E-state index contributed by atoms with van der Waals surface area (Å²) in [7, 11) is 0. The number of carbonyl (C=O) groups is 1. The molecule has 0 heterocycles. The number of rotatable bonds is 6. The summed E-state index contributed by atoms with van der Waals surface area (Å²) in [6, 6.07) is 9.28. The third-order valence-corrected chi connectivity index (χ3v) is 2.29. The summed E-state index contributed by atoms with van der Waals surface area (Å²) in [5.41, 5.74) is 0.552. The lowest BCUT2D eigenvalue weighted by Crippen LogP contribution is -2.24. The molecule has 1 rings (SSSR count). The first-order valence-electron chi connectivity index (χ1n) is 5.32. The minimum Gasteiger partial charge on any atom is -0.477 e. The number of aliphatic carboxylic acids is 1. The number of carboxylic acid groups (broad SMARTS) is 1. The molecular weight excluding hydrogens is 220 g/mol. The molecule has 1 N–H and O–H groups in total. The van der Waals surface area contributed by atoms with Crippen LogP contribution < -0.4 is 0 Å². The van der Waals surface area contributed by atoms with E-state index in [0.29, 0.717) is 13.0 Å². The molecule has 1 aromatic rings. The molecule has 0 bridgehead atoms. The zero-order valence-corrected chi connectivity index (χ0v) is 9.55. The van der Waals surface area contributed by atoms with Crippen molar-refractivity contribution in [3.8, 4) is 0 Å². The van der Waals surface area contributed by atoms with Crippen LogP contribution >= 0.6 is 0 Å². The maximum Gasteiger partial charge on any atom is 0.345 e. The van der Waals surface area contributed by atoms with Crippen LogP contribution in [0.4, 0.5) is 0 Å². The zero-order valence-electron chi connectivity index (χ0n) is 9.55. The number of hydrogen-bond acceptors (Lipinski definition) is 3. The fourth-order valence-corrected chi connectivity index (χ4v) is 1.52. The summed E-state index contributed by atoms with van der Waals surface area (Å²) >= 11 is 0. The Morgan fingerprint density at radius 3 is 2.53 bits per heavy atom. The Morgan fingerprint density at radius 1 is 1.41 bits per heavy atom. The zero-order chi connectivity index (χ0) is 12.7. The van der Waals surface area contributed by atoms with Gasteiger partial charge in [0.05, 0.1) is 0 Å². The average Bonchev–Trinajstić information content (AvgIpc) is 2.31. The van der Waals surface area contributed by atoms with Gasteiger partial charge in [0, 0.05) is 13.0 Å². The molecule has 0 fully saturated rings. The van der Waals surface area contributed by atoms with E-state index in [1.165, 1.54) is 5.94 Å². The van der Waals surface area contributed by atoms with E-state index in [-0.39, 0.29) is 5.57 Å². The fourth-order valence-electron chi connectivity index (χ4n) is 1.52. The normalized spacial score (nSPS) is 11.6. The summed E-state index contributed by atoms with van der Waals surface area (Å²) in [6.45, 7) is 2.10. The van der Waals surface area contributed by atoms with E-state index in [1.807, 2.05) is 30.3 Å². The van der Waals surface area contributed by atoms with Crippen LogP contribution in [0.25, 0.3) is 0 Å². The minimum atomic E-state index is -1.28. The monoisotopic (exact) mass is 234 g/mol. The van der Waals surface area contributed by atoms with Crippen LogP contribution in [0.1, 0.15) is 12.5 Å². The molecule has 0 saturated carbocycles. The van der Waals surface area contributed by atoms with E-state index in [1.54, 1.807) is 6.92 Å². The highest BCUT2D eigenvalue weighted by Crippen LogP contribution is 2.12. The van der Waals surface area contributed by atoms with Crippen LogP contribution in [-0.4, -0.2) is 29.7 Å². The summed E-state index contributed by atoms with van der Waals surface area (Å²) in [5, 5.41) is 8.87. The van der Waals surface area contributed by atoms with Crippen molar-refractivity contribution in [1.82, 2.24) is 0 Å². The molecule has 0 amide bonds. The second-order valence-electron chi connectivity index (χ2n) is 3.45. The molecule has 90 valence electrons. The lowest BCUT2D eigenvalue weighted by molar-refractivity contribution is -0.134. The molecule has 4 nitrogen and oxygen atoms in total. The van der Waals surface area contributed by atoms with Gasteiger partial charge in [0.1, 0.15) is 17.6 Å². The van der Waals surface area contributed by atoms with E-state index >= 15 is 0 Å². The Balaban J connectivity index is 2.87. The third-order valence-electron chi connectivity index (χ3n) is 2.29. The molecule has 4 heteroatoms. The van der Waals surface area contributed by atoms with Gasteiger partial charge >= 0.3 is 5.97 Å². The molecule has 0 saturated heterocycles. The van der Waals surface area contributed by atoms with Crippen LogP contribution in [-0.2, 0) is 20.7 Å². The van der Waals surface area contributed by atoms with E-state index in [2.05, 4.69) is 0 Å². The van der Waals surface area contributed by atoms with Gasteiger partial charge in [0.2, 0.25) is 0 Å². The Hall–Kier alpha value is -1.90. The first-order chi connectivity index (χ1) is 8.19. The average molecular weight is 234 g/mol. The van der Waals surface area contributed by atoms with Gasteiger partial charge in [-0.25, -0.2) is 9.59 Å². The fraction of sp³-hybridized carbons (Fsp3) is 0.308. The van der Waals surface area contributed by atoms with Crippen LogP contribution in [0, 0.1) is 0 Å². The van der Waals surface area contributed by atoms with Gasteiger partial charge in [-0.2, -0.15) is 0 Å². The summed E-state index contributed by atoms with van der Waals surface area (Å²) in [6.07, 6.45) is -0.400. The van der Waals surface area contributed by atoms with Crippen molar-refractivity contribution in [2.45, 2.75) is 19.4 Å². The number of ether oxygens (including phenoxy) is 1. The molecular formula is C13H14O4. The highest BCUT2D eigenvalue weighted by molar-refractivity contribution is 5.96. The topological polar surface area (TPSA) is 63.6 Å². The van der Waals surface area contributed by atoms with Gasteiger partial charge < -0.3 is 9.84 Å². The first kappa shape index (κ1) is 13.2. The summed E-state index contributed by atoms with van der Waals surface area (Å²) < 4.78 is 5.28. The van der Waals surface area contributed by atoms with Crippen molar-refractivity contribution in [2.75, 3.05) is 6.61 Å². The number of carbonyl (C=O) groups excluding carboxylic acids is 1. The van der Waals surface area contributed by atoms with Gasteiger partial charge in [0.25, 0.3) is 0 Å². The quantitative estimate of drug-likeness (QED) is 0.598. The Labute approximate surface area is 99.5 Å². The number of benzene rings is 1. The predicted molar refractivity (Wildman–Crippen MR) is 62.4 cm³/mol. The van der Waals surface area contributed by atoms with Crippen molar-refractivity contribution in [3.63, 3.8) is 0 Å². The smallest absolute Gasteiger partial charge is 0.345 e. The Morgan fingerprint density at radius 2 is 2.06 bits per heavy atom. The predicted octanol–water partition coefficient (Wildman–Crippen LogP) is 1.48. The van der Waals surface area contributed by atoms with Crippen LogP contribution in [0.15, 0.2) is 35.9 Å². The van der Waals surface area contributed by atoms with Gasteiger partial charge in [0.15, 0.2) is 0 Å². The summed E-state index contributed by atoms with van der Waals surface area (Å²) in [5.74, 6) is 0.166. The van der Waals surface area contributed by atoms with E-state index in [4.69, 9.17) is 9.84 Å². The van der Waals surface area contributed by atoms with Gasteiger partial charge in [-0.1, -0.05) is 30.3 Å². The molecule has 0 spiro atoms. The Kier molecular flexibility index (Phi) is 5.14. The van der Waals surface area contributed by atoms with Crippen LogP contribution in [0.3, 0.4) is 0 Å². The molecule has 0 aliphatic carbocycles. The standard InChI is InChI=1S/C13H14O4/c1-2-17-12(11(9-14)13(15)16)8-10-6-4-3-5-7-10/h3-7,12H,2,8H2,1H3,(H,15,16). The van der Waals surface area contributed by atoms with Crippen molar-refractivity contribution in [2.24, 2.45) is 0 Å². The maximum absolute atomic E-state index is 10.9. The van der Waals surface area contributed by atoms with E-state index < -0.39 is 12.1 Å². The maximum atomic E-state index is 10.9. The lowest BCUT2D eigenvalue weighted by atomic mass is 10.0. The second-order valence-corrected chi connectivity index (χ2v) is 3.45. The van der Waals surface area contributed by atoms with Crippen LogP contribution in [0.5, 0.6) is 0 Å². The molecule has 0 aliphatic rings. The highest BCUT2D eigenvalue weighted by Gasteiger charge is 2.22. The van der Waals surface area contributed by atoms with E-state index in [9.17, 15) is 9.59 Å². The van der Waals surface area contributed by atoms with Gasteiger partial charge in [-0.3, -0.25) is 0 Å². The van der Waals surface area contributed by atoms with Crippen molar-refractivity contribution >= 4 is 11.9 Å². The molecule has 1 unspecified atom stereocenters. The third kappa shape index (κ3) is 3.87. The van der Waals surface area contributed by atoms with Crippen LogP contribution in [0.2, 0.25) is 0 Å². The van der Waals surface area contributed by atoms with E-state index in [0.717, 1.165) is 5.56 Å². The first-order valence-corrected chi connectivity index (χ1v) is 5.32. The number of carboxylic acids is 1. The van der Waals surface area contributed by atoms with Crippen molar-refractivity contribution < 1.29 is 19.4 Å².